The highest BCUT2D eigenvalue weighted by atomic mass is 35.5. The summed E-state index contributed by atoms with van der Waals surface area (Å²) in [5.74, 6) is 0. The third-order valence-electron chi connectivity index (χ3n) is 4.31. The molecule has 3 heteroatoms. The SMILES string of the molecule is CCC(CC)[N+]1(C(CC)CC)C=CCC1.Cl.[Cl-]. The minimum atomic E-state index is 0. The highest BCUT2D eigenvalue weighted by Crippen LogP contribution is 2.32. The van der Waals surface area contributed by atoms with Gasteiger partial charge in [0.1, 0.15) is 0 Å². The minimum Gasteiger partial charge on any atom is -1.00 e. The molecule has 0 atom stereocenters. The molecule has 0 amide bonds. The summed E-state index contributed by atoms with van der Waals surface area (Å²) in [4.78, 5) is 0. The normalized spacial score (nSPS) is 17.1. The van der Waals surface area contributed by atoms with E-state index in [0.29, 0.717) is 0 Å². The fourth-order valence-corrected chi connectivity index (χ4v) is 3.49. The van der Waals surface area contributed by atoms with E-state index >= 15 is 0 Å². The highest BCUT2D eigenvalue weighted by molar-refractivity contribution is 5.85. The summed E-state index contributed by atoms with van der Waals surface area (Å²) in [5.41, 5.74) is 0. The molecule has 1 rings (SSSR count). The van der Waals surface area contributed by atoms with Gasteiger partial charge in [-0.25, -0.2) is 0 Å². The first kappa shape index (κ1) is 19.6. The lowest BCUT2D eigenvalue weighted by molar-refractivity contribution is -0.923. The van der Waals surface area contributed by atoms with Crippen molar-refractivity contribution in [1.29, 1.82) is 0 Å². The van der Waals surface area contributed by atoms with Crippen molar-refractivity contribution in [3.05, 3.63) is 12.3 Å². The van der Waals surface area contributed by atoms with Crippen molar-refractivity contribution < 1.29 is 16.9 Å². The van der Waals surface area contributed by atoms with Crippen LogP contribution < -0.4 is 12.4 Å². The fraction of sp³-hybridized carbons (Fsp3) is 0.857. The van der Waals surface area contributed by atoms with Gasteiger partial charge in [-0.15, -0.1) is 12.4 Å². The first-order valence-corrected chi connectivity index (χ1v) is 6.79. The molecule has 0 saturated heterocycles. The minimum absolute atomic E-state index is 0. The summed E-state index contributed by atoms with van der Waals surface area (Å²) < 4.78 is 1.28. The molecule has 0 aliphatic carbocycles. The maximum atomic E-state index is 2.51. The molecule has 104 valence electrons. The second kappa shape index (κ2) is 9.24. The number of nitrogens with zero attached hydrogens (tertiary/aromatic N) is 1. The van der Waals surface area contributed by atoms with Crippen molar-refractivity contribution in [3.63, 3.8) is 0 Å². The van der Waals surface area contributed by atoms with Gasteiger partial charge in [-0.05, 0) is 31.8 Å². The molecule has 1 aliphatic rings. The number of halogens is 2. The van der Waals surface area contributed by atoms with Crippen molar-refractivity contribution in [2.45, 2.75) is 71.9 Å². The van der Waals surface area contributed by atoms with Crippen molar-refractivity contribution in [2.24, 2.45) is 0 Å². The molecule has 0 aromatic carbocycles. The van der Waals surface area contributed by atoms with E-state index in [1.165, 1.54) is 43.1 Å². The van der Waals surface area contributed by atoms with E-state index < -0.39 is 0 Å². The summed E-state index contributed by atoms with van der Waals surface area (Å²) in [6.07, 6.45) is 11.5. The smallest absolute Gasteiger partial charge is 0.0929 e. The van der Waals surface area contributed by atoms with E-state index in [1.807, 2.05) is 0 Å². The van der Waals surface area contributed by atoms with Gasteiger partial charge in [-0.1, -0.05) is 27.7 Å². The molecule has 0 unspecified atom stereocenters. The molecule has 0 radical (unpaired) electrons. The lowest BCUT2D eigenvalue weighted by atomic mass is 10.00. The van der Waals surface area contributed by atoms with Crippen molar-refractivity contribution in [3.8, 4) is 0 Å². The van der Waals surface area contributed by atoms with Gasteiger partial charge in [0.15, 0.2) is 0 Å². The first-order valence-electron chi connectivity index (χ1n) is 6.79. The van der Waals surface area contributed by atoms with E-state index in [1.54, 1.807) is 0 Å². The summed E-state index contributed by atoms with van der Waals surface area (Å²) >= 11 is 0. The Bertz CT molecular complexity index is 196. The van der Waals surface area contributed by atoms with Crippen LogP contribution in [0, 0.1) is 0 Å². The topological polar surface area (TPSA) is 0 Å². The number of hydrogen-bond donors (Lipinski definition) is 0. The first-order chi connectivity index (χ1) is 7.25. The van der Waals surface area contributed by atoms with Gasteiger partial charge in [0.2, 0.25) is 0 Å². The van der Waals surface area contributed by atoms with Gasteiger partial charge in [-0.2, -0.15) is 0 Å². The van der Waals surface area contributed by atoms with Crippen molar-refractivity contribution in [1.82, 2.24) is 0 Å². The van der Waals surface area contributed by atoms with Crippen LogP contribution in [0.15, 0.2) is 12.3 Å². The maximum absolute atomic E-state index is 2.51. The van der Waals surface area contributed by atoms with E-state index in [0.717, 1.165) is 12.1 Å². The molecular formula is C14H29Cl2N. The van der Waals surface area contributed by atoms with E-state index in [9.17, 15) is 0 Å². The maximum Gasteiger partial charge on any atom is 0.0929 e. The van der Waals surface area contributed by atoms with E-state index in [4.69, 9.17) is 0 Å². The van der Waals surface area contributed by atoms with Gasteiger partial charge in [-0.3, -0.25) is 4.48 Å². The summed E-state index contributed by atoms with van der Waals surface area (Å²) in [7, 11) is 0. The average Bonchev–Trinajstić information content (AvgIpc) is 2.72. The van der Waals surface area contributed by atoms with Crippen LogP contribution in [0.4, 0.5) is 0 Å². The zero-order chi connectivity index (χ0) is 11.3. The lowest BCUT2D eigenvalue weighted by Gasteiger charge is -2.45. The van der Waals surface area contributed by atoms with E-state index in [2.05, 4.69) is 40.0 Å². The molecule has 0 bridgehead atoms. The van der Waals surface area contributed by atoms with Crippen molar-refractivity contribution >= 4 is 12.4 Å². The third kappa shape index (κ3) is 3.87. The molecular weight excluding hydrogens is 253 g/mol. The molecule has 1 nitrogen and oxygen atoms in total. The number of hydrogen-bond acceptors (Lipinski definition) is 0. The molecule has 0 saturated carbocycles. The summed E-state index contributed by atoms with van der Waals surface area (Å²) in [5, 5.41) is 0. The van der Waals surface area contributed by atoms with Crippen LogP contribution in [0.25, 0.3) is 0 Å². The Morgan fingerprint density at radius 3 is 1.59 bits per heavy atom. The summed E-state index contributed by atoms with van der Waals surface area (Å²) in [6, 6.07) is 1.68. The average molecular weight is 282 g/mol. The zero-order valence-corrected chi connectivity index (χ0v) is 13.4. The van der Waals surface area contributed by atoms with Crippen LogP contribution in [-0.4, -0.2) is 23.1 Å². The van der Waals surface area contributed by atoms with Gasteiger partial charge in [0.25, 0.3) is 0 Å². The Morgan fingerprint density at radius 2 is 1.35 bits per heavy atom. The Labute approximate surface area is 120 Å². The van der Waals surface area contributed by atoms with Crippen LogP contribution >= 0.6 is 12.4 Å². The van der Waals surface area contributed by atoms with Crippen molar-refractivity contribution in [2.75, 3.05) is 6.54 Å². The zero-order valence-electron chi connectivity index (χ0n) is 11.8. The third-order valence-corrected chi connectivity index (χ3v) is 4.31. The predicted octanol–water partition coefficient (Wildman–Crippen LogP) is 1.52. The number of quaternary nitrogens is 1. The molecule has 17 heavy (non-hydrogen) atoms. The molecule has 0 aromatic heterocycles. The quantitative estimate of drug-likeness (QED) is 0.648. The fourth-order valence-electron chi connectivity index (χ4n) is 3.49. The predicted molar refractivity (Wildman–Crippen MR) is 74.9 cm³/mol. The molecule has 1 heterocycles. The Kier molecular flexibility index (Phi) is 10.7. The van der Waals surface area contributed by atoms with Crippen LogP contribution in [0.3, 0.4) is 0 Å². The second-order valence-electron chi connectivity index (χ2n) is 4.83. The van der Waals surface area contributed by atoms with Crippen LogP contribution in [0.5, 0.6) is 0 Å². The Morgan fingerprint density at radius 1 is 0.941 bits per heavy atom. The molecule has 0 spiro atoms. The molecule has 1 aliphatic heterocycles. The lowest BCUT2D eigenvalue weighted by Crippen LogP contribution is -3.00. The van der Waals surface area contributed by atoms with Gasteiger partial charge in [0, 0.05) is 6.42 Å². The van der Waals surface area contributed by atoms with Crippen LogP contribution in [-0.2, 0) is 0 Å². The molecule has 0 fully saturated rings. The standard InChI is InChI=1S/C14H28N.2ClH/c1-5-13(6-2)15(11-9-10-12-15)14(7-3)8-4;;/h9,11,13-14H,5-8,10,12H2,1-4H3;2*1H/q+1;;/p-1. The van der Waals surface area contributed by atoms with Gasteiger partial charge in [0.05, 0.1) is 24.8 Å². The van der Waals surface area contributed by atoms with Gasteiger partial charge < -0.3 is 12.4 Å². The van der Waals surface area contributed by atoms with Crippen LogP contribution in [0.2, 0.25) is 0 Å². The number of rotatable bonds is 6. The van der Waals surface area contributed by atoms with Gasteiger partial charge >= 0.3 is 0 Å². The largest absolute Gasteiger partial charge is 1.00 e. The van der Waals surface area contributed by atoms with E-state index in [-0.39, 0.29) is 24.8 Å². The highest BCUT2D eigenvalue weighted by Gasteiger charge is 2.40. The Balaban J connectivity index is 0. The van der Waals surface area contributed by atoms with Crippen LogP contribution in [0.1, 0.15) is 59.8 Å². The Hall–Kier alpha value is 0.280. The monoisotopic (exact) mass is 281 g/mol. The molecule has 0 aromatic rings. The molecule has 0 N–H and O–H groups in total. The second-order valence-corrected chi connectivity index (χ2v) is 4.83. The summed E-state index contributed by atoms with van der Waals surface area (Å²) in [6.45, 7) is 10.7.